The fourth-order valence-electron chi connectivity index (χ4n) is 9.52. The van der Waals surface area contributed by atoms with Crippen LogP contribution in [-0.2, 0) is 0 Å². The molecule has 0 unspecified atom stereocenters. The van der Waals surface area contributed by atoms with Crippen molar-refractivity contribution in [3.05, 3.63) is 279 Å². The van der Waals surface area contributed by atoms with Crippen LogP contribution in [0.25, 0.3) is 77.6 Å². The van der Waals surface area contributed by atoms with Crippen LogP contribution < -0.4 is 9.80 Å². The molecule has 11 aromatic carbocycles. The predicted octanol–water partition coefficient (Wildman–Crippen LogP) is 18.9. The maximum atomic E-state index is 6.52. The van der Waals surface area contributed by atoms with Gasteiger partial charge in [-0.15, -0.1) is 0 Å². The second-order valence-corrected chi connectivity index (χ2v) is 17.4. The van der Waals surface area contributed by atoms with Crippen LogP contribution >= 0.6 is 0 Å². The van der Waals surface area contributed by atoms with Crippen LogP contribution in [0.15, 0.2) is 283 Å². The number of hydrogen-bond donors (Lipinski definition) is 0. The van der Waals surface area contributed by atoms with Crippen LogP contribution in [-0.4, -0.2) is 0 Å². The molecular formula is C66H46N2O. The van der Waals surface area contributed by atoms with Crippen molar-refractivity contribution >= 4 is 56.1 Å². The predicted molar refractivity (Wildman–Crippen MR) is 290 cm³/mol. The lowest BCUT2D eigenvalue weighted by atomic mass is 10.0. The largest absolute Gasteiger partial charge is 0.456 e. The molecule has 12 aromatic rings. The maximum Gasteiger partial charge on any atom is 0.135 e. The van der Waals surface area contributed by atoms with Gasteiger partial charge in [0.2, 0.25) is 0 Å². The highest BCUT2D eigenvalue weighted by atomic mass is 16.3. The Balaban J connectivity index is 0.896. The van der Waals surface area contributed by atoms with Crippen molar-refractivity contribution < 1.29 is 4.42 Å². The van der Waals surface area contributed by atoms with E-state index in [1.54, 1.807) is 0 Å². The van der Waals surface area contributed by atoms with Gasteiger partial charge in [-0.2, -0.15) is 0 Å². The van der Waals surface area contributed by atoms with Gasteiger partial charge in [0.15, 0.2) is 0 Å². The third-order valence-corrected chi connectivity index (χ3v) is 13.1. The fraction of sp³-hybridized carbons (Fsp3) is 0. The zero-order valence-electron chi connectivity index (χ0n) is 37.9. The van der Waals surface area contributed by atoms with Crippen LogP contribution in [0.5, 0.6) is 0 Å². The third kappa shape index (κ3) is 8.35. The first-order chi connectivity index (χ1) is 34.2. The quantitative estimate of drug-likeness (QED) is 0.129. The molecule has 1 heterocycles. The van der Waals surface area contributed by atoms with Gasteiger partial charge in [0.25, 0.3) is 0 Å². The van der Waals surface area contributed by atoms with Crippen molar-refractivity contribution in [2.24, 2.45) is 0 Å². The van der Waals surface area contributed by atoms with Crippen LogP contribution in [0.4, 0.5) is 34.1 Å². The van der Waals surface area contributed by atoms with E-state index >= 15 is 0 Å². The highest BCUT2D eigenvalue weighted by Gasteiger charge is 2.18. The summed E-state index contributed by atoms with van der Waals surface area (Å²) >= 11 is 0. The standard InChI is InChI=1S/C66H46N2O/c1-5-13-47(14-6-1)51-21-32-57(33-22-51)67(58-34-23-52(24-35-58)48-15-7-2-8-16-48)59-40-29-55(30-41-59)56-31-43-65-63(45-56)64-46-62(42-44-66(64)69-65)68(60-36-25-53(26-37-60)49-17-9-3-10-18-49)61-38-27-54(28-39-61)50-19-11-4-12-20-50/h1-46H. The molecule has 3 heteroatoms. The third-order valence-electron chi connectivity index (χ3n) is 13.1. The van der Waals surface area contributed by atoms with E-state index in [4.69, 9.17) is 4.42 Å². The molecule has 1 aromatic heterocycles. The molecule has 0 saturated heterocycles. The summed E-state index contributed by atoms with van der Waals surface area (Å²) in [4.78, 5) is 4.67. The van der Waals surface area contributed by atoms with E-state index in [9.17, 15) is 0 Å². The first kappa shape index (κ1) is 41.3. The summed E-state index contributed by atoms with van der Waals surface area (Å²) in [5.74, 6) is 0. The van der Waals surface area contributed by atoms with Gasteiger partial charge in [-0.3, -0.25) is 0 Å². The van der Waals surface area contributed by atoms with Gasteiger partial charge in [-0.05, 0) is 147 Å². The molecule has 0 aliphatic rings. The summed E-state index contributed by atoms with van der Waals surface area (Å²) in [6, 6.07) is 99.6. The minimum Gasteiger partial charge on any atom is -0.456 e. The number of furan rings is 1. The molecule has 0 atom stereocenters. The normalized spacial score (nSPS) is 11.2. The highest BCUT2D eigenvalue weighted by molar-refractivity contribution is 6.08. The minimum atomic E-state index is 0.854. The number of anilines is 6. The van der Waals surface area contributed by atoms with Crippen molar-refractivity contribution in [3.8, 4) is 55.6 Å². The molecule has 0 N–H and O–H groups in total. The molecule has 0 bridgehead atoms. The molecule has 0 saturated carbocycles. The molecule has 3 nitrogen and oxygen atoms in total. The Bertz CT molecular complexity index is 3480. The molecule has 0 aliphatic carbocycles. The Morgan fingerprint density at radius 3 is 0.754 bits per heavy atom. The van der Waals surface area contributed by atoms with Crippen molar-refractivity contribution in [1.29, 1.82) is 0 Å². The number of fused-ring (bicyclic) bond motifs is 3. The summed E-state index contributed by atoms with van der Waals surface area (Å²) < 4.78 is 6.52. The topological polar surface area (TPSA) is 19.6 Å². The smallest absolute Gasteiger partial charge is 0.135 e. The van der Waals surface area contributed by atoms with E-state index < -0.39 is 0 Å². The zero-order chi connectivity index (χ0) is 45.9. The van der Waals surface area contributed by atoms with E-state index in [-0.39, 0.29) is 0 Å². The average molecular weight is 883 g/mol. The number of nitrogens with zero attached hydrogens (tertiary/aromatic N) is 2. The first-order valence-corrected chi connectivity index (χ1v) is 23.5. The van der Waals surface area contributed by atoms with Gasteiger partial charge in [0.05, 0.1) is 0 Å². The molecule has 0 spiro atoms. The Hall–Kier alpha value is -9.18. The molecule has 326 valence electrons. The van der Waals surface area contributed by atoms with Crippen LogP contribution in [0.1, 0.15) is 0 Å². The lowest BCUT2D eigenvalue weighted by molar-refractivity contribution is 0.669. The van der Waals surface area contributed by atoms with E-state index in [0.29, 0.717) is 0 Å². The summed E-state index contributed by atoms with van der Waals surface area (Å²) in [5, 5.41) is 2.14. The van der Waals surface area contributed by atoms with E-state index in [1.165, 1.54) is 44.5 Å². The minimum absolute atomic E-state index is 0.854. The number of rotatable bonds is 11. The number of hydrogen-bond acceptors (Lipinski definition) is 3. The molecule has 12 rings (SSSR count). The van der Waals surface area contributed by atoms with E-state index in [2.05, 4.69) is 289 Å². The van der Waals surface area contributed by atoms with Gasteiger partial charge in [-0.25, -0.2) is 0 Å². The summed E-state index contributed by atoms with van der Waals surface area (Å²) in [6.07, 6.45) is 0. The van der Waals surface area contributed by atoms with Gasteiger partial charge in [-0.1, -0.05) is 188 Å². The van der Waals surface area contributed by atoms with Crippen LogP contribution in [0, 0.1) is 0 Å². The Labute approximate surface area is 403 Å². The lowest BCUT2D eigenvalue weighted by Crippen LogP contribution is -2.09. The lowest BCUT2D eigenvalue weighted by Gasteiger charge is -2.26. The second-order valence-electron chi connectivity index (χ2n) is 17.4. The molecule has 0 aliphatic heterocycles. The van der Waals surface area contributed by atoms with Gasteiger partial charge in [0.1, 0.15) is 11.2 Å². The molecular weight excluding hydrogens is 837 g/mol. The van der Waals surface area contributed by atoms with Crippen molar-refractivity contribution in [2.75, 3.05) is 9.80 Å². The van der Waals surface area contributed by atoms with E-state index in [0.717, 1.165) is 67.2 Å². The summed E-state index contributed by atoms with van der Waals surface area (Å²) in [7, 11) is 0. The fourth-order valence-corrected chi connectivity index (χ4v) is 9.52. The summed E-state index contributed by atoms with van der Waals surface area (Å²) in [5.41, 5.74) is 19.9. The van der Waals surface area contributed by atoms with Crippen molar-refractivity contribution in [2.45, 2.75) is 0 Å². The average Bonchev–Trinajstić information content (AvgIpc) is 3.80. The zero-order valence-corrected chi connectivity index (χ0v) is 37.9. The Morgan fingerprint density at radius 2 is 0.420 bits per heavy atom. The molecule has 0 fully saturated rings. The molecule has 69 heavy (non-hydrogen) atoms. The first-order valence-electron chi connectivity index (χ1n) is 23.5. The van der Waals surface area contributed by atoms with Crippen molar-refractivity contribution in [1.82, 2.24) is 0 Å². The van der Waals surface area contributed by atoms with Crippen molar-refractivity contribution in [3.63, 3.8) is 0 Å². The van der Waals surface area contributed by atoms with Gasteiger partial charge < -0.3 is 14.2 Å². The second kappa shape index (κ2) is 18.2. The SMILES string of the molecule is c1ccc(-c2ccc(N(c3ccc(-c4ccccc4)cc3)c3ccc(-c4ccc5oc6ccc(N(c7ccc(-c8ccccc8)cc7)c7ccc(-c8ccccc8)cc7)cc6c5c4)cc3)cc2)cc1. The van der Waals surface area contributed by atoms with Gasteiger partial charge >= 0.3 is 0 Å². The monoisotopic (exact) mass is 882 g/mol. The number of benzene rings is 11. The maximum absolute atomic E-state index is 6.52. The Morgan fingerprint density at radius 1 is 0.188 bits per heavy atom. The summed E-state index contributed by atoms with van der Waals surface area (Å²) in [6.45, 7) is 0. The van der Waals surface area contributed by atoms with Gasteiger partial charge in [0, 0.05) is 44.9 Å². The van der Waals surface area contributed by atoms with Crippen LogP contribution in [0.2, 0.25) is 0 Å². The van der Waals surface area contributed by atoms with Crippen LogP contribution in [0.3, 0.4) is 0 Å². The molecule has 0 radical (unpaired) electrons. The molecule has 0 amide bonds. The Kier molecular flexibility index (Phi) is 10.9. The van der Waals surface area contributed by atoms with E-state index in [1.807, 2.05) is 0 Å². The highest BCUT2D eigenvalue weighted by Crippen LogP contribution is 2.42.